The molecule has 1 aromatic heterocycles. The highest BCUT2D eigenvalue weighted by atomic mass is 35.5. The molecule has 3 aromatic rings. The summed E-state index contributed by atoms with van der Waals surface area (Å²) < 4.78 is 5.21. The van der Waals surface area contributed by atoms with Crippen molar-refractivity contribution in [2.45, 2.75) is 19.0 Å². The van der Waals surface area contributed by atoms with E-state index < -0.39 is 6.04 Å². The van der Waals surface area contributed by atoms with Crippen molar-refractivity contribution in [1.29, 1.82) is 0 Å². The van der Waals surface area contributed by atoms with Crippen LogP contribution in [-0.4, -0.2) is 11.8 Å². The molecular weight excluding hydrogens is 364 g/mol. The third kappa shape index (κ3) is 5.21. The number of carbonyl (C=O) groups excluding carboxylic acids is 2. The van der Waals surface area contributed by atoms with Gasteiger partial charge in [0.15, 0.2) is 0 Å². The Morgan fingerprint density at radius 3 is 2.41 bits per heavy atom. The van der Waals surface area contributed by atoms with Crippen molar-refractivity contribution in [2.24, 2.45) is 0 Å². The first-order valence-corrected chi connectivity index (χ1v) is 8.90. The summed E-state index contributed by atoms with van der Waals surface area (Å²) in [5.74, 6) is 0.146. The first-order chi connectivity index (χ1) is 13.1. The maximum Gasteiger partial charge on any atom is 0.253 e. The molecule has 1 heterocycles. The van der Waals surface area contributed by atoms with Crippen molar-refractivity contribution >= 4 is 23.4 Å². The van der Waals surface area contributed by atoms with E-state index >= 15 is 0 Å². The molecule has 0 saturated carbocycles. The predicted molar refractivity (Wildman–Crippen MR) is 103 cm³/mol. The summed E-state index contributed by atoms with van der Waals surface area (Å²) >= 11 is 6.11. The Bertz CT molecular complexity index is 895. The number of benzene rings is 2. The fourth-order valence-corrected chi connectivity index (χ4v) is 2.90. The van der Waals surface area contributed by atoms with E-state index in [4.69, 9.17) is 16.0 Å². The molecule has 27 heavy (non-hydrogen) atoms. The van der Waals surface area contributed by atoms with Gasteiger partial charge < -0.3 is 15.1 Å². The van der Waals surface area contributed by atoms with E-state index in [2.05, 4.69) is 10.6 Å². The van der Waals surface area contributed by atoms with Crippen LogP contribution in [0.4, 0.5) is 0 Å². The van der Waals surface area contributed by atoms with Crippen LogP contribution in [0, 0.1) is 0 Å². The second kappa shape index (κ2) is 9.05. The van der Waals surface area contributed by atoms with Crippen molar-refractivity contribution in [3.63, 3.8) is 0 Å². The van der Waals surface area contributed by atoms with Gasteiger partial charge in [0, 0.05) is 0 Å². The summed E-state index contributed by atoms with van der Waals surface area (Å²) in [6.07, 6.45) is 1.65. The Hall–Kier alpha value is -3.05. The highest BCUT2D eigenvalue weighted by molar-refractivity contribution is 6.33. The lowest BCUT2D eigenvalue weighted by molar-refractivity contribution is -0.121. The van der Waals surface area contributed by atoms with Crippen LogP contribution in [0.25, 0.3) is 0 Å². The molecule has 138 valence electrons. The molecule has 5 nitrogen and oxygen atoms in total. The molecule has 0 aliphatic heterocycles. The zero-order valence-corrected chi connectivity index (χ0v) is 15.3. The first kappa shape index (κ1) is 18.7. The average Bonchev–Trinajstić information content (AvgIpc) is 3.20. The summed E-state index contributed by atoms with van der Waals surface area (Å²) in [4.78, 5) is 25.0. The molecule has 2 aromatic carbocycles. The number of amides is 2. The maximum atomic E-state index is 12.6. The zero-order valence-electron chi connectivity index (χ0n) is 14.5. The van der Waals surface area contributed by atoms with Crippen LogP contribution in [0.15, 0.2) is 77.4 Å². The van der Waals surface area contributed by atoms with E-state index in [1.54, 1.807) is 42.7 Å². The minimum absolute atomic E-state index is 0.0981. The Morgan fingerprint density at radius 2 is 1.70 bits per heavy atom. The van der Waals surface area contributed by atoms with Gasteiger partial charge >= 0.3 is 0 Å². The van der Waals surface area contributed by atoms with Gasteiger partial charge in [-0.25, -0.2) is 0 Å². The van der Waals surface area contributed by atoms with Gasteiger partial charge in [-0.2, -0.15) is 0 Å². The lowest BCUT2D eigenvalue weighted by Gasteiger charge is -2.19. The average molecular weight is 383 g/mol. The Morgan fingerprint density at radius 1 is 0.963 bits per heavy atom. The van der Waals surface area contributed by atoms with E-state index in [0.29, 0.717) is 22.9 Å². The first-order valence-electron chi connectivity index (χ1n) is 8.53. The summed E-state index contributed by atoms with van der Waals surface area (Å²) in [6, 6.07) is 19.2. The number of nitrogens with one attached hydrogen (secondary N) is 2. The van der Waals surface area contributed by atoms with Gasteiger partial charge in [-0.05, 0) is 29.8 Å². The second-order valence-electron chi connectivity index (χ2n) is 5.98. The summed E-state index contributed by atoms with van der Waals surface area (Å²) in [6.45, 7) is 0.297. The molecule has 0 aliphatic carbocycles. The molecule has 0 fully saturated rings. The standard InChI is InChI=1S/C21H19ClN2O3/c22-18-11-5-4-10-17(18)21(26)24-19(15-7-2-1-3-8-15)13-20(25)23-14-16-9-6-12-27-16/h1-12,19H,13-14H2,(H,23,25)(H,24,26). The zero-order chi connectivity index (χ0) is 19.1. The van der Waals surface area contributed by atoms with Crippen LogP contribution in [-0.2, 0) is 11.3 Å². The Kier molecular flexibility index (Phi) is 6.28. The van der Waals surface area contributed by atoms with Gasteiger partial charge in [-0.3, -0.25) is 9.59 Å². The third-order valence-electron chi connectivity index (χ3n) is 4.06. The minimum Gasteiger partial charge on any atom is -0.467 e. The van der Waals surface area contributed by atoms with E-state index in [-0.39, 0.29) is 18.2 Å². The predicted octanol–water partition coefficient (Wildman–Crippen LogP) is 4.11. The molecule has 2 N–H and O–H groups in total. The Labute approximate surface area is 162 Å². The van der Waals surface area contributed by atoms with Gasteiger partial charge in [-0.1, -0.05) is 54.1 Å². The largest absolute Gasteiger partial charge is 0.467 e. The number of hydrogen-bond acceptors (Lipinski definition) is 3. The molecular formula is C21H19ClN2O3. The highest BCUT2D eigenvalue weighted by Gasteiger charge is 2.20. The summed E-state index contributed by atoms with van der Waals surface area (Å²) in [5, 5.41) is 6.07. The van der Waals surface area contributed by atoms with E-state index in [1.807, 2.05) is 30.3 Å². The van der Waals surface area contributed by atoms with Crippen molar-refractivity contribution in [3.05, 3.63) is 94.9 Å². The molecule has 0 aliphatic rings. The molecule has 0 radical (unpaired) electrons. The minimum atomic E-state index is -0.480. The van der Waals surface area contributed by atoms with Gasteiger partial charge in [0.05, 0.1) is 35.9 Å². The van der Waals surface area contributed by atoms with Gasteiger partial charge in [0.2, 0.25) is 5.91 Å². The summed E-state index contributed by atoms with van der Waals surface area (Å²) in [7, 11) is 0. The van der Waals surface area contributed by atoms with E-state index in [1.165, 1.54) is 0 Å². The van der Waals surface area contributed by atoms with Gasteiger partial charge in [0.1, 0.15) is 5.76 Å². The number of hydrogen-bond donors (Lipinski definition) is 2. The Balaban J connectivity index is 1.70. The van der Waals surface area contributed by atoms with Crippen LogP contribution in [0.5, 0.6) is 0 Å². The molecule has 0 saturated heterocycles. The van der Waals surface area contributed by atoms with Crippen molar-refractivity contribution in [3.8, 4) is 0 Å². The molecule has 6 heteroatoms. The van der Waals surface area contributed by atoms with E-state index in [0.717, 1.165) is 5.56 Å². The summed E-state index contributed by atoms with van der Waals surface area (Å²) in [5.41, 5.74) is 1.21. The molecule has 3 rings (SSSR count). The number of carbonyl (C=O) groups is 2. The monoisotopic (exact) mass is 382 g/mol. The topological polar surface area (TPSA) is 71.3 Å². The molecule has 2 amide bonds. The van der Waals surface area contributed by atoms with Gasteiger partial charge in [-0.15, -0.1) is 0 Å². The second-order valence-corrected chi connectivity index (χ2v) is 6.38. The fourth-order valence-electron chi connectivity index (χ4n) is 2.68. The third-order valence-corrected chi connectivity index (χ3v) is 4.38. The van der Waals surface area contributed by atoms with Crippen LogP contribution in [0.3, 0.4) is 0 Å². The van der Waals surface area contributed by atoms with Crippen molar-refractivity contribution < 1.29 is 14.0 Å². The van der Waals surface area contributed by atoms with Crippen molar-refractivity contribution in [1.82, 2.24) is 10.6 Å². The lowest BCUT2D eigenvalue weighted by Crippen LogP contribution is -2.33. The number of furan rings is 1. The molecule has 1 unspecified atom stereocenters. The lowest BCUT2D eigenvalue weighted by atomic mass is 10.0. The van der Waals surface area contributed by atoms with Crippen LogP contribution >= 0.6 is 11.6 Å². The quantitative estimate of drug-likeness (QED) is 0.646. The van der Waals surface area contributed by atoms with Crippen LogP contribution in [0.2, 0.25) is 5.02 Å². The van der Waals surface area contributed by atoms with Crippen molar-refractivity contribution in [2.75, 3.05) is 0 Å². The molecule has 1 atom stereocenters. The molecule has 0 bridgehead atoms. The van der Waals surface area contributed by atoms with E-state index in [9.17, 15) is 9.59 Å². The van der Waals surface area contributed by atoms with Crippen LogP contribution < -0.4 is 10.6 Å². The smallest absolute Gasteiger partial charge is 0.253 e. The maximum absolute atomic E-state index is 12.6. The number of rotatable bonds is 7. The fraction of sp³-hybridized carbons (Fsp3) is 0.143. The van der Waals surface area contributed by atoms with Gasteiger partial charge in [0.25, 0.3) is 5.91 Å². The van der Waals surface area contributed by atoms with Crippen LogP contribution in [0.1, 0.15) is 34.1 Å². The molecule has 0 spiro atoms. The highest BCUT2D eigenvalue weighted by Crippen LogP contribution is 2.20. The number of halogens is 1. The normalized spacial score (nSPS) is 11.6. The SMILES string of the molecule is O=C(CC(NC(=O)c1ccccc1Cl)c1ccccc1)NCc1ccco1.